The number of carbonyl (C=O) groups is 2. The maximum absolute atomic E-state index is 13.2. The second-order valence-electron chi connectivity index (χ2n) is 6.97. The third-order valence-electron chi connectivity index (χ3n) is 4.40. The van der Waals surface area contributed by atoms with Crippen molar-refractivity contribution in [2.24, 2.45) is 0 Å². The maximum atomic E-state index is 13.2. The Bertz CT molecular complexity index is 789. The van der Waals surface area contributed by atoms with Crippen LogP contribution in [-0.4, -0.2) is 28.8 Å². The number of rotatable bonds is 8. The molecule has 0 unspecified atom stereocenters. The number of hydrogen-bond acceptors (Lipinski definition) is 2. The lowest BCUT2D eigenvalue weighted by Gasteiger charge is -2.31. The highest BCUT2D eigenvalue weighted by molar-refractivity contribution is 6.36. The predicted molar refractivity (Wildman–Crippen MR) is 115 cm³/mol. The van der Waals surface area contributed by atoms with Crippen molar-refractivity contribution in [2.45, 2.75) is 52.2 Å². The molecule has 0 fully saturated rings. The van der Waals surface area contributed by atoms with Gasteiger partial charge in [0.2, 0.25) is 11.8 Å². The zero-order chi connectivity index (χ0) is 20.7. The first kappa shape index (κ1) is 22.3. The van der Waals surface area contributed by atoms with Gasteiger partial charge in [-0.1, -0.05) is 66.5 Å². The molecule has 0 aromatic heterocycles. The van der Waals surface area contributed by atoms with Gasteiger partial charge in [0.1, 0.15) is 6.04 Å². The number of nitrogens with one attached hydrogen (secondary N) is 1. The van der Waals surface area contributed by atoms with Gasteiger partial charge in [-0.15, -0.1) is 0 Å². The van der Waals surface area contributed by atoms with Crippen molar-refractivity contribution in [2.75, 3.05) is 0 Å². The molecule has 0 saturated heterocycles. The summed E-state index contributed by atoms with van der Waals surface area (Å²) < 4.78 is 0. The molecule has 0 aliphatic heterocycles. The van der Waals surface area contributed by atoms with Gasteiger partial charge in [-0.3, -0.25) is 9.59 Å². The van der Waals surface area contributed by atoms with Gasteiger partial charge < -0.3 is 10.2 Å². The van der Waals surface area contributed by atoms with E-state index in [1.165, 1.54) is 0 Å². The van der Waals surface area contributed by atoms with Crippen LogP contribution in [0, 0.1) is 0 Å². The number of amides is 2. The average Bonchev–Trinajstić information content (AvgIpc) is 2.64. The van der Waals surface area contributed by atoms with Crippen LogP contribution in [0.25, 0.3) is 0 Å². The second kappa shape index (κ2) is 10.5. The van der Waals surface area contributed by atoms with Gasteiger partial charge in [-0.05, 0) is 43.5 Å². The number of carbonyl (C=O) groups excluding carboxylic acids is 2. The van der Waals surface area contributed by atoms with E-state index in [0.29, 0.717) is 28.6 Å². The largest absolute Gasteiger partial charge is 0.352 e. The van der Waals surface area contributed by atoms with Crippen molar-refractivity contribution in [3.05, 3.63) is 69.7 Å². The normalized spacial score (nSPS) is 11.9. The van der Waals surface area contributed by atoms with Crippen LogP contribution in [0.3, 0.4) is 0 Å². The molecule has 4 nitrogen and oxygen atoms in total. The zero-order valence-electron chi connectivity index (χ0n) is 16.4. The van der Waals surface area contributed by atoms with Crippen LogP contribution in [0.5, 0.6) is 0 Å². The minimum Gasteiger partial charge on any atom is -0.352 e. The first-order valence-corrected chi connectivity index (χ1v) is 10.2. The van der Waals surface area contributed by atoms with Gasteiger partial charge >= 0.3 is 0 Å². The summed E-state index contributed by atoms with van der Waals surface area (Å²) in [6.45, 7) is 6.04. The molecule has 0 heterocycles. The standard InChI is InChI=1S/C22H26Cl2N2O2/c1-4-20(22(28)25-15(2)3)26(14-16-9-6-5-7-10-16)21(27)13-17-18(23)11-8-12-19(17)24/h5-12,15,20H,4,13-14H2,1-3H3,(H,25,28)/t20-/m1/s1. The van der Waals surface area contributed by atoms with Crippen LogP contribution >= 0.6 is 23.2 Å². The smallest absolute Gasteiger partial charge is 0.243 e. The van der Waals surface area contributed by atoms with Crippen molar-refractivity contribution in [1.82, 2.24) is 10.2 Å². The lowest BCUT2D eigenvalue weighted by molar-refractivity contribution is -0.141. The molecule has 0 aliphatic rings. The van der Waals surface area contributed by atoms with Gasteiger partial charge in [0.25, 0.3) is 0 Å². The third-order valence-corrected chi connectivity index (χ3v) is 5.11. The molecule has 2 aromatic carbocycles. The minimum atomic E-state index is -0.573. The number of hydrogen-bond donors (Lipinski definition) is 1. The number of benzene rings is 2. The summed E-state index contributed by atoms with van der Waals surface area (Å²) in [6, 6.07) is 14.2. The molecular weight excluding hydrogens is 395 g/mol. The van der Waals surface area contributed by atoms with Crippen molar-refractivity contribution < 1.29 is 9.59 Å². The molecule has 2 amide bonds. The monoisotopic (exact) mass is 420 g/mol. The van der Waals surface area contributed by atoms with Crippen LogP contribution in [0.1, 0.15) is 38.3 Å². The van der Waals surface area contributed by atoms with Crippen LogP contribution in [0.15, 0.2) is 48.5 Å². The van der Waals surface area contributed by atoms with E-state index in [1.54, 1.807) is 23.1 Å². The second-order valence-corrected chi connectivity index (χ2v) is 7.79. The summed E-state index contributed by atoms with van der Waals surface area (Å²) in [5.41, 5.74) is 1.53. The molecule has 6 heteroatoms. The Kier molecular flexibility index (Phi) is 8.34. The van der Waals surface area contributed by atoms with Crippen molar-refractivity contribution >= 4 is 35.0 Å². The highest BCUT2D eigenvalue weighted by Gasteiger charge is 2.29. The SMILES string of the molecule is CC[C@H](C(=O)NC(C)C)N(Cc1ccccc1)C(=O)Cc1c(Cl)cccc1Cl. The molecule has 0 saturated carbocycles. The van der Waals surface area contributed by atoms with E-state index in [2.05, 4.69) is 5.32 Å². The van der Waals surface area contributed by atoms with Crippen molar-refractivity contribution in [3.63, 3.8) is 0 Å². The topological polar surface area (TPSA) is 49.4 Å². The number of nitrogens with zero attached hydrogens (tertiary/aromatic N) is 1. The third kappa shape index (κ3) is 5.98. The Hall–Kier alpha value is -2.04. The number of halogens is 2. The summed E-state index contributed by atoms with van der Waals surface area (Å²) in [5, 5.41) is 3.81. The summed E-state index contributed by atoms with van der Waals surface area (Å²) in [5.74, 6) is -0.350. The van der Waals surface area contributed by atoms with E-state index in [9.17, 15) is 9.59 Å². The van der Waals surface area contributed by atoms with Gasteiger partial charge in [-0.2, -0.15) is 0 Å². The fourth-order valence-electron chi connectivity index (χ4n) is 3.03. The van der Waals surface area contributed by atoms with E-state index in [4.69, 9.17) is 23.2 Å². The Morgan fingerprint density at radius 1 is 1.00 bits per heavy atom. The first-order valence-electron chi connectivity index (χ1n) is 9.40. The highest BCUT2D eigenvalue weighted by Crippen LogP contribution is 2.26. The highest BCUT2D eigenvalue weighted by atomic mass is 35.5. The van der Waals surface area contributed by atoms with Crippen molar-refractivity contribution in [3.8, 4) is 0 Å². The van der Waals surface area contributed by atoms with E-state index >= 15 is 0 Å². The summed E-state index contributed by atoms with van der Waals surface area (Å²) in [4.78, 5) is 27.6. The quantitative estimate of drug-likeness (QED) is 0.661. The predicted octanol–water partition coefficient (Wildman–Crippen LogP) is 4.87. The fraction of sp³-hybridized carbons (Fsp3) is 0.364. The first-order chi connectivity index (χ1) is 13.3. The summed E-state index contributed by atoms with van der Waals surface area (Å²) in [7, 11) is 0. The molecule has 1 atom stereocenters. The molecule has 0 aliphatic carbocycles. The van der Waals surface area contributed by atoms with Crippen LogP contribution in [0.4, 0.5) is 0 Å². The minimum absolute atomic E-state index is 0.00626. The Balaban J connectivity index is 2.33. The van der Waals surface area contributed by atoms with Crippen LogP contribution < -0.4 is 5.32 Å². The fourth-order valence-corrected chi connectivity index (χ4v) is 3.57. The lowest BCUT2D eigenvalue weighted by Crippen LogP contribution is -2.50. The Labute approximate surface area is 176 Å². The molecule has 0 spiro atoms. The molecule has 150 valence electrons. The van der Waals surface area contributed by atoms with E-state index < -0.39 is 6.04 Å². The van der Waals surface area contributed by atoms with Crippen LogP contribution in [0.2, 0.25) is 10.0 Å². The van der Waals surface area contributed by atoms with Gasteiger partial charge in [0, 0.05) is 22.6 Å². The van der Waals surface area contributed by atoms with Gasteiger partial charge in [0.15, 0.2) is 0 Å². The lowest BCUT2D eigenvalue weighted by atomic mass is 10.1. The Morgan fingerprint density at radius 3 is 2.14 bits per heavy atom. The summed E-state index contributed by atoms with van der Waals surface area (Å²) >= 11 is 12.5. The molecule has 1 N–H and O–H groups in total. The van der Waals surface area contributed by atoms with Crippen molar-refractivity contribution in [1.29, 1.82) is 0 Å². The van der Waals surface area contributed by atoms with E-state index in [0.717, 1.165) is 5.56 Å². The van der Waals surface area contributed by atoms with E-state index in [-0.39, 0.29) is 24.3 Å². The molecule has 2 rings (SSSR count). The average molecular weight is 421 g/mol. The molecule has 28 heavy (non-hydrogen) atoms. The molecular formula is C22H26Cl2N2O2. The summed E-state index contributed by atoms with van der Waals surface area (Å²) in [6.07, 6.45) is 0.546. The Morgan fingerprint density at radius 2 is 1.61 bits per heavy atom. The van der Waals surface area contributed by atoms with Crippen LogP contribution in [-0.2, 0) is 22.6 Å². The van der Waals surface area contributed by atoms with Gasteiger partial charge in [0.05, 0.1) is 6.42 Å². The van der Waals surface area contributed by atoms with E-state index in [1.807, 2.05) is 51.1 Å². The zero-order valence-corrected chi connectivity index (χ0v) is 17.9. The molecule has 2 aromatic rings. The molecule has 0 bridgehead atoms. The maximum Gasteiger partial charge on any atom is 0.243 e. The molecule has 0 radical (unpaired) electrons. The van der Waals surface area contributed by atoms with Gasteiger partial charge in [-0.25, -0.2) is 0 Å².